The molecule has 1 aromatic rings. The minimum atomic E-state index is -0.262. The summed E-state index contributed by atoms with van der Waals surface area (Å²) in [5, 5.41) is 6.05. The summed E-state index contributed by atoms with van der Waals surface area (Å²) in [7, 11) is 0. The van der Waals surface area contributed by atoms with E-state index in [2.05, 4.69) is 10.6 Å². The van der Waals surface area contributed by atoms with E-state index >= 15 is 0 Å². The first-order valence-corrected chi connectivity index (χ1v) is 7.00. The fraction of sp³-hybridized carbons (Fsp3) is 0.533. The Hall–Kier alpha value is -1.30. The lowest BCUT2D eigenvalue weighted by Gasteiger charge is -2.23. The van der Waals surface area contributed by atoms with Gasteiger partial charge in [-0.05, 0) is 19.9 Å². The molecule has 1 fully saturated rings. The van der Waals surface area contributed by atoms with E-state index in [1.165, 1.54) is 0 Å². The molecule has 0 spiro atoms. The number of carbonyl (C=O) groups is 1. The van der Waals surface area contributed by atoms with Crippen LogP contribution < -0.4 is 15.4 Å². The van der Waals surface area contributed by atoms with Crippen LogP contribution in [0.5, 0.6) is 5.75 Å². The van der Waals surface area contributed by atoms with Crippen LogP contribution in [0.25, 0.3) is 0 Å². The maximum absolute atomic E-state index is 12.0. The Bertz CT molecular complexity index is 448. The van der Waals surface area contributed by atoms with Gasteiger partial charge in [-0.3, -0.25) is 4.79 Å². The molecule has 6 heteroatoms. The first-order chi connectivity index (χ1) is 9.66. The van der Waals surface area contributed by atoms with Crippen molar-refractivity contribution >= 4 is 18.3 Å². The largest absolute Gasteiger partial charge is 0.491 e. The third-order valence-corrected chi connectivity index (χ3v) is 3.03. The van der Waals surface area contributed by atoms with Crippen molar-refractivity contribution in [3.63, 3.8) is 0 Å². The molecule has 1 heterocycles. The molecule has 2 N–H and O–H groups in total. The Kier molecular flexibility index (Phi) is 7.50. The van der Waals surface area contributed by atoms with E-state index in [0.29, 0.717) is 26.3 Å². The molecule has 0 saturated carbocycles. The molecule has 0 bridgehead atoms. The van der Waals surface area contributed by atoms with Crippen molar-refractivity contribution in [3.05, 3.63) is 29.8 Å². The van der Waals surface area contributed by atoms with Gasteiger partial charge in [0.1, 0.15) is 11.8 Å². The normalized spacial score (nSPS) is 18.0. The number of benzene rings is 1. The quantitative estimate of drug-likeness (QED) is 0.865. The lowest BCUT2D eigenvalue weighted by Crippen LogP contribution is -2.51. The van der Waals surface area contributed by atoms with Crippen LogP contribution in [0.2, 0.25) is 0 Å². The SMILES string of the molecule is CC(C)Oc1ccccc1CNC(=O)C1COCCN1.Cl. The third kappa shape index (κ3) is 5.53. The second-order valence-electron chi connectivity index (χ2n) is 5.07. The van der Waals surface area contributed by atoms with Crippen LogP contribution in [0, 0.1) is 0 Å². The zero-order valence-electron chi connectivity index (χ0n) is 12.4. The van der Waals surface area contributed by atoms with E-state index in [9.17, 15) is 4.79 Å². The highest BCUT2D eigenvalue weighted by Gasteiger charge is 2.20. The summed E-state index contributed by atoms with van der Waals surface area (Å²) in [6.45, 7) is 6.23. The molecule has 1 unspecified atom stereocenters. The molecule has 1 amide bonds. The molecule has 0 aliphatic carbocycles. The van der Waals surface area contributed by atoms with E-state index in [4.69, 9.17) is 9.47 Å². The van der Waals surface area contributed by atoms with Crippen LogP contribution in [0.15, 0.2) is 24.3 Å². The van der Waals surface area contributed by atoms with Gasteiger partial charge in [0, 0.05) is 18.7 Å². The van der Waals surface area contributed by atoms with Crippen molar-refractivity contribution < 1.29 is 14.3 Å². The highest BCUT2D eigenvalue weighted by molar-refractivity contribution is 5.85. The lowest BCUT2D eigenvalue weighted by atomic mass is 10.2. The Morgan fingerprint density at radius 3 is 2.90 bits per heavy atom. The highest BCUT2D eigenvalue weighted by Crippen LogP contribution is 2.19. The van der Waals surface area contributed by atoms with E-state index in [1.54, 1.807) is 0 Å². The van der Waals surface area contributed by atoms with Crippen LogP contribution >= 0.6 is 12.4 Å². The topological polar surface area (TPSA) is 59.6 Å². The zero-order valence-corrected chi connectivity index (χ0v) is 13.2. The van der Waals surface area contributed by atoms with Crippen molar-refractivity contribution in [1.29, 1.82) is 0 Å². The van der Waals surface area contributed by atoms with Crippen molar-refractivity contribution in [1.82, 2.24) is 10.6 Å². The van der Waals surface area contributed by atoms with Gasteiger partial charge in [-0.2, -0.15) is 0 Å². The van der Waals surface area contributed by atoms with Gasteiger partial charge in [-0.15, -0.1) is 12.4 Å². The number of carbonyl (C=O) groups excluding carboxylic acids is 1. The molecule has 1 aromatic carbocycles. The van der Waals surface area contributed by atoms with E-state index < -0.39 is 0 Å². The molecule has 1 atom stereocenters. The molecule has 118 valence electrons. The summed E-state index contributed by atoms with van der Waals surface area (Å²) in [6, 6.07) is 7.49. The molecule has 0 aromatic heterocycles. The van der Waals surface area contributed by atoms with E-state index in [-0.39, 0.29) is 30.5 Å². The van der Waals surface area contributed by atoms with Gasteiger partial charge < -0.3 is 20.1 Å². The van der Waals surface area contributed by atoms with Crippen LogP contribution in [0.4, 0.5) is 0 Å². The van der Waals surface area contributed by atoms with Gasteiger partial charge >= 0.3 is 0 Å². The van der Waals surface area contributed by atoms with E-state index in [0.717, 1.165) is 11.3 Å². The third-order valence-electron chi connectivity index (χ3n) is 3.03. The average molecular weight is 315 g/mol. The number of para-hydroxylation sites is 1. The molecule has 1 aliphatic rings. The van der Waals surface area contributed by atoms with Crippen LogP contribution in [-0.4, -0.2) is 37.8 Å². The molecule has 21 heavy (non-hydrogen) atoms. The number of hydrogen-bond acceptors (Lipinski definition) is 4. The Morgan fingerprint density at radius 1 is 1.48 bits per heavy atom. The molecule has 0 radical (unpaired) electrons. The number of rotatable bonds is 5. The van der Waals surface area contributed by atoms with Gasteiger partial charge in [0.05, 0.1) is 19.3 Å². The van der Waals surface area contributed by atoms with Crippen molar-refractivity contribution in [2.45, 2.75) is 32.5 Å². The molecular formula is C15H23ClN2O3. The first kappa shape index (κ1) is 17.8. The lowest BCUT2D eigenvalue weighted by molar-refractivity contribution is -0.126. The molecule has 5 nitrogen and oxygen atoms in total. The van der Waals surface area contributed by atoms with Crippen molar-refractivity contribution in [2.75, 3.05) is 19.8 Å². The van der Waals surface area contributed by atoms with Gasteiger partial charge in [0.2, 0.25) is 5.91 Å². The molecule has 1 aliphatic heterocycles. The average Bonchev–Trinajstić information content (AvgIpc) is 2.46. The number of ether oxygens (including phenoxy) is 2. The Balaban J connectivity index is 0.00000220. The number of halogens is 1. The summed E-state index contributed by atoms with van der Waals surface area (Å²) in [6.07, 6.45) is 0.111. The smallest absolute Gasteiger partial charge is 0.239 e. The fourth-order valence-electron chi connectivity index (χ4n) is 2.06. The second-order valence-corrected chi connectivity index (χ2v) is 5.07. The van der Waals surface area contributed by atoms with Gasteiger partial charge in [-0.1, -0.05) is 18.2 Å². The van der Waals surface area contributed by atoms with Crippen molar-refractivity contribution in [2.24, 2.45) is 0 Å². The van der Waals surface area contributed by atoms with Crippen LogP contribution in [0.1, 0.15) is 19.4 Å². The van der Waals surface area contributed by atoms with E-state index in [1.807, 2.05) is 38.1 Å². The predicted molar refractivity (Wildman–Crippen MR) is 83.9 cm³/mol. The minimum absolute atomic E-state index is 0. The van der Waals surface area contributed by atoms with Gasteiger partial charge in [-0.25, -0.2) is 0 Å². The molecular weight excluding hydrogens is 292 g/mol. The summed E-state index contributed by atoms with van der Waals surface area (Å²) in [5.74, 6) is 0.778. The number of amides is 1. The monoisotopic (exact) mass is 314 g/mol. The number of nitrogens with one attached hydrogen (secondary N) is 2. The molecule has 2 rings (SSSR count). The fourth-order valence-corrected chi connectivity index (χ4v) is 2.06. The predicted octanol–water partition coefficient (Wildman–Crippen LogP) is 1.50. The first-order valence-electron chi connectivity index (χ1n) is 7.00. The summed E-state index contributed by atoms with van der Waals surface area (Å²) in [5.41, 5.74) is 0.978. The summed E-state index contributed by atoms with van der Waals surface area (Å²) in [4.78, 5) is 12.0. The number of morpholine rings is 1. The van der Waals surface area contributed by atoms with Gasteiger partial charge in [0.15, 0.2) is 0 Å². The second kappa shape index (κ2) is 8.87. The maximum atomic E-state index is 12.0. The van der Waals surface area contributed by atoms with Crippen molar-refractivity contribution in [3.8, 4) is 5.75 Å². The Morgan fingerprint density at radius 2 is 2.24 bits per heavy atom. The van der Waals surface area contributed by atoms with Crippen LogP contribution in [-0.2, 0) is 16.1 Å². The van der Waals surface area contributed by atoms with Crippen LogP contribution in [0.3, 0.4) is 0 Å². The molecule has 1 saturated heterocycles. The standard InChI is InChI=1S/C15H22N2O3.ClH/c1-11(2)20-14-6-4-3-5-12(14)9-17-15(18)13-10-19-8-7-16-13;/h3-6,11,13,16H,7-10H2,1-2H3,(H,17,18);1H. The number of hydrogen-bond donors (Lipinski definition) is 2. The van der Waals surface area contributed by atoms with Gasteiger partial charge in [0.25, 0.3) is 0 Å². The summed E-state index contributed by atoms with van der Waals surface area (Å²) >= 11 is 0. The highest BCUT2D eigenvalue weighted by atomic mass is 35.5. The summed E-state index contributed by atoms with van der Waals surface area (Å²) < 4.78 is 11.0. The Labute approximate surface area is 131 Å². The maximum Gasteiger partial charge on any atom is 0.239 e. The zero-order chi connectivity index (χ0) is 14.4. The minimum Gasteiger partial charge on any atom is -0.491 e.